The van der Waals surface area contributed by atoms with Crippen LogP contribution >= 0.6 is 12.4 Å². The van der Waals surface area contributed by atoms with E-state index in [4.69, 9.17) is 0 Å². The molecule has 1 saturated heterocycles. The predicted molar refractivity (Wildman–Crippen MR) is 58.4 cm³/mol. The van der Waals surface area contributed by atoms with E-state index in [0.717, 1.165) is 26.1 Å². The highest BCUT2D eigenvalue weighted by atomic mass is 35.5. The SMILES string of the molecule is CC(C)(C)CCN1CCC(O)C1.Cl. The van der Waals surface area contributed by atoms with Crippen LogP contribution in [0.15, 0.2) is 0 Å². The third-order valence-corrected chi connectivity index (χ3v) is 2.43. The summed E-state index contributed by atoms with van der Waals surface area (Å²) in [7, 11) is 0. The molecule has 0 aliphatic carbocycles. The fourth-order valence-electron chi connectivity index (χ4n) is 1.51. The normalized spacial score (nSPS) is 24.5. The highest BCUT2D eigenvalue weighted by Crippen LogP contribution is 2.20. The summed E-state index contributed by atoms with van der Waals surface area (Å²) >= 11 is 0. The molecule has 1 N–H and O–H groups in total. The number of nitrogens with zero attached hydrogens (tertiary/aromatic N) is 1. The van der Waals surface area contributed by atoms with E-state index in [-0.39, 0.29) is 18.5 Å². The Morgan fingerprint density at radius 2 is 2.00 bits per heavy atom. The minimum Gasteiger partial charge on any atom is -0.392 e. The topological polar surface area (TPSA) is 23.5 Å². The van der Waals surface area contributed by atoms with Gasteiger partial charge in [0.15, 0.2) is 0 Å². The van der Waals surface area contributed by atoms with Gasteiger partial charge >= 0.3 is 0 Å². The molecule has 0 aromatic heterocycles. The number of hydrogen-bond acceptors (Lipinski definition) is 2. The summed E-state index contributed by atoms with van der Waals surface area (Å²) in [6, 6.07) is 0. The van der Waals surface area contributed by atoms with Gasteiger partial charge in [-0.3, -0.25) is 0 Å². The van der Waals surface area contributed by atoms with Gasteiger partial charge in [0.1, 0.15) is 0 Å². The van der Waals surface area contributed by atoms with E-state index in [9.17, 15) is 5.11 Å². The van der Waals surface area contributed by atoms with Crippen molar-refractivity contribution in [1.29, 1.82) is 0 Å². The van der Waals surface area contributed by atoms with Crippen molar-refractivity contribution in [3.8, 4) is 0 Å². The summed E-state index contributed by atoms with van der Waals surface area (Å²) < 4.78 is 0. The maximum atomic E-state index is 9.29. The fraction of sp³-hybridized carbons (Fsp3) is 1.00. The summed E-state index contributed by atoms with van der Waals surface area (Å²) in [6.07, 6.45) is 2.12. The van der Waals surface area contributed by atoms with Gasteiger partial charge in [0.2, 0.25) is 0 Å². The molecule has 1 aliphatic heterocycles. The Bertz CT molecular complexity index is 144. The number of likely N-dealkylation sites (tertiary alicyclic amines) is 1. The number of rotatable bonds is 2. The van der Waals surface area contributed by atoms with Gasteiger partial charge in [-0.05, 0) is 24.8 Å². The fourth-order valence-corrected chi connectivity index (χ4v) is 1.51. The molecule has 13 heavy (non-hydrogen) atoms. The van der Waals surface area contributed by atoms with E-state index in [0.29, 0.717) is 5.41 Å². The summed E-state index contributed by atoms with van der Waals surface area (Å²) in [5.74, 6) is 0. The third-order valence-electron chi connectivity index (χ3n) is 2.43. The second-order valence-corrected chi connectivity index (χ2v) is 5.05. The number of hydrogen-bond donors (Lipinski definition) is 1. The predicted octanol–water partition coefficient (Wildman–Crippen LogP) is 1.91. The Kier molecular flexibility index (Phi) is 5.26. The van der Waals surface area contributed by atoms with Gasteiger partial charge in [0, 0.05) is 13.1 Å². The van der Waals surface area contributed by atoms with Crippen LogP contribution in [0.25, 0.3) is 0 Å². The molecule has 0 spiro atoms. The van der Waals surface area contributed by atoms with E-state index in [1.54, 1.807) is 0 Å². The largest absolute Gasteiger partial charge is 0.392 e. The second-order valence-electron chi connectivity index (χ2n) is 5.05. The van der Waals surface area contributed by atoms with Gasteiger partial charge in [-0.2, -0.15) is 0 Å². The minimum absolute atomic E-state index is 0. The molecule has 80 valence electrons. The Hall–Kier alpha value is 0.210. The summed E-state index contributed by atoms with van der Waals surface area (Å²) in [5.41, 5.74) is 0.424. The number of halogens is 1. The maximum absolute atomic E-state index is 9.29. The van der Waals surface area contributed by atoms with E-state index < -0.39 is 0 Å². The van der Waals surface area contributed by atoms with Crippen LogP contribution in [-0.2, 0) is 0 Å². The van der Waals surface area contributed by atoms with Gasteiger partial charge in [0.25, 0.3) is 0 Å². The molecule has 1 fully saturated rings. The van der Waals surface area contributed by atoms with Crippen LogP contribution in [0, 0.1) is 5.41 Å². The maximum Gasteiger partial charge on any atom is 0.0679 e. The summed E-state index contributed by atoms with van der Waals surface area (Å²) in [4.78, 5) is 2.36. The lowest BCUT2D eigenvalue weighted by molar-refractivity contribution is 0.170. The summed E-state index contributed by atoms with van der Waals surface area (Å²) in [6.45, 7) is 9.90. The Morgan fingerprint density at radius 1 is 1.38 bits per heavy atom. The Morgan fingerprint density at radius 3 is 2.38 bits per heavy atom. The smallest absolute Gasteiger partial charge is 0.0679 e. The van der Waals surface area contributed by atoms with Crippen LogP contribution in [0.4, 0.5) is 0 Å². The molecule has 1 atom stereocenters. The molecule has 1 unspecified atom stereocenters. The van der Waals surface area contributed by atoms with Crippen LogP contribution in [0.1, 0.15) is 33.6 Å². The van der Waals surface area contributed by atoms with Crippen molar-refractivity contribution in [1.82, 2.24) is 4.90 Å². The second kappa shape index (κ2) is 5.18. The third kappa shape index (κ3) is 5.50. The Balaban J connectivity index is 0.00000144. The average molecular weight is 208 g/mol. The van der Waals surface area contributed by atoms with E-state index >= 15 is 0 Å². The molecule has 2 nitrogen and oxygen atoms in total. The lowest BCUT2D eigenvalue weighted by atomic mass is 9.92. The minimum atomic E-state index is -0.0648. The van der Waals surface area contributed by atoms with Crippen molar-refractivity contribution in [3.05, 3.63) is 0 Å². The lowest BCUT2D eigenvalue weighted by Gasteiger charge is -2.22. The molecule has 1 heterocycles. The molecule has 3 heteroatoms. The van der Waals surface area contributed by atoms with E-state index in [1.165, 1.54) is 6.42 Å². The zero-order chi connectivity index (χ0) is 9.19. The zero-order valence-corrected chi connectivity index (χ0v) is 9.73. The van der Waals surface area contributed by atoms with Gasteiger partial charge in [-0.1, -0.05) is 20.8 Å². The molecule has 0 aromatic carbocycles. The van der Waals surface area contributed by atoms with Crippen LogP contribution in [-0.4, -0.2) is 35.7 Å². The monoisotopic (exact) mass is 207 g/mol. The van der Waals surface area contributed by atoms with Crippen molar-refractivity contribution < 1.29 is 5.11 Å². The standard InChI is InChI=1S/C10H21NO.ClH/c1-10(2,3)5-7-11-6-4-9(12)8-11;/h9,12H,4-8H2,1-3H3;1H. The first-order valence-electron chi connectivity index (χ1n) is 4.88. The van der Waals surface area contributed by atoms with Gasteiger partial charge in [-0.25, -0.2) is 0 Å². The highest BCUT2D eigenvalue weighted by molar-refractivity contribution is 5.85. The van der Waals surface area contributed by atoms with E-state index in [2.05, 4.69) is 25.7 Å². The summed E-state index contributed by atoms with van der Waals surface area (Å²) in [5, 5.41) is 9.29. The van der Waals surface area contributed by atoms with Crippen LogP contribution in [0.5, 0.6) is 0 Å². The number of β-amino-alcohol motifs (C(OH)–C–C–N with tert-alkyl or cyclic N) is 1. The average Bonchev–Trinajstić information content (AvgIpc) is 2.30. The molecular formula is C10H22ClNO. The molecular weight excluding hydrogens is 186 g/mol. The molecule has 1 aliphatic rings. The highest BCUT2D eigenvalue weighted by Gasteiger charge is 2.21. The van der Waals surface area contributed by atoms with Crippen LogP contribution in [0.2, 0.25) is 0 Å². The first-order chi connectivity index (χ1) is 5.47. The van der Waals surface area contributed by atoms with Crippen molar-refractivity contribution in [2.24, 2.45) is 5.41 Å². The Labute approximate surface area is 87.7 Å². The van der Waals surface area contributed by atoms with Gasteiger partial charge in [-0.15, -0.1) is 12.4 Å². The van der Waals surface area contributed by atoms with E-state index in [1.807, 2.05) is 0 Å². The van der Waals surface area contributed by atoms with Crippen LogP contribution < -0.4 is 0 Å². The number of aliphatic hydroxyl groups excluding tert-OH is 1. The zero-order valence-electron chi connectivity index (χ0n) is 8.92. The first kappa shape index (κ1) is 13.2. The molecule has 0 aromatic rings. The number of aliphatic hydroxyl groups is 1. The van der Waals surface area contributed by atoms with Crippen LogP contribution in [0.3, 0.4) is 0 Å². The van der Waals surface area contributed by atoms with Gasteiger partial charge in [0.05, 0.1) is 6.10 Å². The van der Waals surface area contributed by atoms with Crippen molar-refractivity contribution in [2.45, 2.75) is 39.7 Å². The lowest BCUT2D eigenvalue weighted by Crippen LogP contribution is -2.26. The quantitative estimate of drug-likeness (QED) is 0.748. The van der Waals surface area contributed by atoms with Crippen molar-refractivity contribution in [3.63, 3.8) is 0 Å². The van der Waals surface area contributed by atoms with Crippen molar-refractivity contribution in [2.75, 3.05) is 19.6 Å². The molecule has 0 bridgehead atoms. The van der Waals surface area contributed by atoms with Gasteiger partial charge < -0.3 is 10.0 Å². The first-order valence-corrected chi connectivity index (χ1v) is 4.88. The van der Waals surface area contributed by atoms with Crippen molar-refractivity contribution >= 4 is 12.4 Å². The molecule has 0 saturated carbocycles. The molecule has 0 amide bonds. The molecule has 1 rings (SSSR count). The molecule has 0 radical (unpaired) electrons.